The molecule has 0 saturated carbocycles. The Morgan fingerprint density at radius 1 is 1.18 bits per heavy atom. The van der Waals surface area contributed by atoms with Crippen LogP contribution in [0.3, 0.4) is 0 Å². The molecule has 0 atom stereocenters. The average Bonchev–Trinajstić information content (AvgIpc) is 3.30. The molecule has 1 aromatic heterocycles. The van der Waals surface area contributed by atoms with Gasteiger partial charge in [-0.25, -0.2) is 0 Å². The zero-order valence-electron chi connectivity index (χ0n) is 19.4. The van der Waals surface area contributed by atoms with Gasteiger partial charge in [0.2, 0.25) is 0 Å². The van der Waals surface area contributed by atoms with Crippen LogP contribution in [0.15, 0.2) is 52.3 Å². The molecule has 34 heavy (non-hydrogen) atoms. The predicted molar refractivity (Wildman–Crippen MR) is 135 cm³/mol. The maximum Gasteiger partial charge on any atom is 0.258 e. The van der Waals surface area contributed by atoms with Crippen molar-refractivity contribution in [2.45, 2.75) is 24.2 Å². The van der Waals surface area contributed by atoms with Crippen LogP contribution in [0.25, 0.3) is 17.0 Å². The zero-order chi connectivity index (χ0) is 23.3. The van der Waals surface area contributed by atoms with Gasteiger partial charge in [-0.15, -0.1) is 0 Å². The highest BCUT2D eigenvalue weighted by Gasteiger charge is 2.23. The summed E-state index contributed by atoms with van der Waals surface area (Å²) in [5, 5.41) is 11.6. The number of amides is 1. The molecule has 1 amide bonds. The van der Waals surface area contributed by atoms with Gasteiger partial charge in [-0.05, 0) is 80.7 Å². The standard InChI is InChI=1S/C26H30N4O3S/c1-32-19-6-8-20(9-7-19)33-15-3-12-30-13-10-18(11-14-30)17-27-26(31)24-16-22-25-21(28-29-22)4-2-5-23(25)34-24/h2,4-9,16,18H,3,10-15,17H2,1H3,(H,27,31)(H,28,29). The largest absolute Gasteiger partial charge is 0.497 e. The molecule has 1 fully saturated rings. The molecule has 0 spiro atoms. The molecule has 0 unspecified atom stereocenters. The van der Waals surface area contributed by atoms with Gasteiger partial charge in [-0.3, -0.25) is 9.89 Å². The number of aromatic nitrogens is 2. The molecule has 0 aliphatic carbocycles. The highest BCUT2D eigenvalue weighted by Crippen LogP contribution is 2.39. The third kappa shape index (κ3) is 5.23. The molecular formula is C26H30N4O3S. The first-order valence-corrected chi connectivity index (χ1v) is 12.7. The average molecular weight is 479 g/mol. The summed E-state index contributed by atoms with van der Waals surface area (Å²) >= 11 is 1.52. The van der Waals surface area contributed by atoms with E-state index in [0.717, 1.165) is 83.3 Å². The molecule has 5 rings (SSSR count). The van der Waals surface area contributed by atoms with Crippen molar-refractivity contribution < 1.29 is 14.3 Å². The summed E-state index contributed by atoms with van der Waals surface area (Å²) in [4.78, 5) is 17.1. The number of benzene rings is 2. The number of likely N-dealkylation sites (tertiary alicyclic amines) is 1. The molecule has 0 radical (unpaired) electrons. The van der Waals surface area contributed by atoms with E-state index >= 15 is 0 Å². The molecule has 7 nitrogen and oxygen atoms in total. The van der Waals surface area contributed by atoms with Crippen molar-refractivity contribution in [3.63, 3.8) is 0 Å². The first-order chi connectivity index (χ1) is 16.7. The predicted octanol–water partition coefficient (Wildman–Crippen LogP) is 4.32. The number of thioether (sulfide) groups is 1. The lowest BCUT2D eigenvalue weighted by Gasteiger charge is -2.32. The molecule has 2 aliphatic heterocycles. The van der Waals surface area contributed by atoms with Crippen LogP contribution in [-0.4, -0.2) is 60.9 Å². The van der Waals surface area contributed by atoms with Crippen molar-refractivity contribution in [1.29, 1.82) is 0 Å². The fourth-order valence-corrected chi connectivity index (χ4v) is 5.57. The number of nitrogens with zero attached hydrogens (tertiary/aromatic N) is 2. The lowest BCUT2D eigenvalue weighted by molar-refractivity contribution is -0.117. The first kappa shape index (κ1) is 22.8. The summed E-state index contributed by atoms with van der Waals surface area (Å²) in [6.45, 7) is 4.61. The molecule has 8 heteroatoms. The molecule has 2 aliphatic rings. The lowest BCUT2D eigenvalue weighted by Crippen LogP contribution is -2.39. The number of carbonyl (C=O) groups is 1. The van der Waals surface area contributed by atoms with Gasteiger partial charge in [0.05, 0.1) is 29.8 Å². The van der Waals surface area contributed by atoms with E-state index in [4.69, 9.17) is 9.47 Å². The highest BCUT2D eigenvalue weighted by molar-refractivity contribution is 8.04. The third-order valence-corrected chi connectivity index (χ3v) is 7.58. The highest BCUT2D eigenvalue weighted by atomic mass is 32.2. The van der Waals surface area contributed by atoms with Crippen molar-refractivity contribution in [2.24, 2.45) is 5.92 Å². The SMILES string of the molecule is COc1ccc(OCCCN2CCC(CNC(=O)C3=Cc4[nH]nc5cccc(c45)S3)CC2)cc1. The maximum absolute atomic E-state index is 12.8. The summed E-state index contributed by atoms with van der Waals surface area (Å²) in [6.07, 6.45) is 5.13. The van der Waals surface area contributed by atoms with E-state index in [2.05, 4.69) is 20.4 Å². The topological polar surface area (TPSA) is 79.5 Å². The molecule has 2 aromatic carbocycles. The van der Waals surface area contributed by atoms with E-state index in [-0.39, 0.29) is 5.91 Å². The van der Waals surface area contributed by atoms with Gasteiger partial charge in [0, 0.05) is 23.4 Å². The van der Waals surface area contributed by atoms with Gasteiger partial charge in [-0.1, -0.05) is 17.8 Å². The van der Waals surface area contributed by atoms with Gasteiger partial charge < -0.3 is 19.7 Å². The third-order valence-electron chi connectivity index (χ3n) is 6.49. The number of nitrogens with one attached hydrogen (secondary N) is 2. The number of ether oxygens (including phenoxy) is 2. The molecule has 1 saturated heterocycles. The molecule has 0 bridgehead atoms. The Bertz CT molecular complexity index is 1170. The van der Waals surface area contributed by atoms with Gasteiger partial charge in [-0.2, -0.15) is 5.10 Å². The Hall–Kier alpha value is -2.97. The van der Waals surface area contributed by atoms with Crippen LogP contribution in [0.1, 0.15) is 25.0 Å². The summed E-state index contributed by atoms with van der Waals surface area (Å²) < 4.78 is 11.0. The minimum absolute atomic E-state index is 0.000336. The molecule has 178 valence electrons. The molecular weight excluding hydrogens is 448 g/mol. The van der Waals surface area contributed by atoms with Crippen molar-refractivity contribution in [2.75, 3.05) is 39.9 Å². The van der Waals surface area contributed by atoms with Crippen molar-refractivity contribution in [1.82, 2.24) is 20.4 Å². The lowest BCUT2D eigenvalue weighted by atomic mass is 9.96. The van der Waals surface area contributed by atoms with E-state index in [0.29, 0.717) is 12.5 Å². The number of carbonyl (C=O) groups excluding carboxylic acids is 1. The van der Waals surface area contributed by atoms with Crippen molar-refractivity contribution >= 4 is 34.6 Å². The summed E-state index contributed by atoms with van der Waals surface area (Å²) in [5.74, 6) is 2.24. The van der Waals surface area contributed by atoms with Crippen molar-refractivity contribution in [3.05, 3.63) is 53.1 Å². The van der Waals surface area contributed by atoms with E-state index in [1.165, 1.54) is 11.8 Å². The van der Waals surface area contributed by atoms with E-state index in [1.807, 2.05) is 48.5 Å². The summed E-state index contributed by atoms with van der Waals surface area (Å²) in [5.41, 5.74) is 1.86. The minimum atomic E-state index is 0.000336. The van der Waals surface area contributed by atoms with Crippen LogP contribution >= 0.6 is 11.8 Å². The number of H-pyrrole nitrogens is 1. The second kappa shape index (κ2) is 10.5. The van der Waals surface area contributed by atoms with Crippen LogP contribution in [0.5, 0.6) is 11.5 Å². The fraction of sp³-hybridized carbons (Fsp3) is 0.385. The number of piperidine rings is 1. The first-order valence-electron chi connectivity index (χ1n) is 11.8. The number of aromatic amines is 1. The monoisotopic (exact) mass is 478 g/mol. The Morgan fingerprint density at radius 2 is 1.97 bits per heavy atom. The Morgan fingerprint density at radius 3 is 2.76 bits per heavy atom. The van der Waals surface area contributed by atoms with Gasteiger partial charge in [0.1, 0.15) is 11.5 Å². The molecule has 3 aromatic rings. The number of rotatable bonds is 9. The number of hydrogen-bond acceptors (Lipinski definition) is 6. The number of methoxy groups -OCH3 is 1. The Labute approximate surface area is 203 Å². The van der Waals surface area contributed by atoms with Crippen LogP contribution in [0.4, 0.5) is 0 Å². The Balaban J connectivity index is 1.01. The molecule has 3 heterocycles. The minimum Gasteiger partial charge on any atom is -0.497 e. The fourth-order valence-electron chi connectivity index (χ4n) is 4.53. The Kier molecular flexibility index (Phi) is 7.06. The second-order valence-corrected chi connectivity index (χ2v) is 9.85. The quantitative estimate of drug-likeness (QED) is 0.446. The maximum atomic E-state index is 12.8. The summed E-state index contributed by atoms with van der Waals surface area (Å²) in [7, 11) is 1.66. The summed E-state index contributed by atoms with van der Waals surface area (Å²) in [6, 6.07) is 13.7. The van der Waals surface area contributed by atoms with Crippen LogP contribution in [0, 0.1) is 5.92 Å². The second-order valence-electron chi connectivity index (χ2n) is 8.77. The smallest absolute Gasteiger partial charge is 0.258 e. The van der Waals surface area contributed by atoms with Crippen molar-refractivity contribution in [3.8, 4) is 11.5 Å². The molecule has 2 N–H and O–H groups in total. The number of hydrogen-bond donors (Lipinski definition) is 2. The van der Waals surface area contributed by atoms with Crippen LogP contribution in [-0.2, 0) is 4.79 Å². The van der Waals surface area contributed by atoms with Gasteiger partial charge in [0.15, 0.2) is 0 Å². The van der Waals surface area contributed by atoms with E-state index in [9.17, 15) is 4.79 Å². The van der Waals surface area contributed by atoms with E-state index < -0.39 is 0 Å². The van der Waals surface area contributed by atoms with Gasteiger partial charge >= 0.3 is 0 Å². The van der Waals surface area contributed by atoms with E-state index in [1.54, 1.807) is 7.11 Å². The zero-order valence-corrected chi connectivity index (χ0v) is 20.2. The normalized spacial score (nSPS) is 16.3. The van der Waals surface area contributed by atoms with Crippen LogP contribution in [0.2, 0.25) is 0 Å². The van der Waals surface area contributed by atoms with Gasteiger partial charge in [0.25, 0.3) is 5.91 Å². The van der Waals surface area contributed by atoms with Crippen LogP contribution < -0.4 is 14.8 Å².